The Balaban J connectivity index is 2.49. The molecule has 0 saturated heterocycles. The fraction of sp³-hybridized carbons (Fsp3) is 0.182. The number of aromatic amines is 1. The highest BCUT2D eigenvalue weighted by atomic mass is 32.1. The number of carboxylic acids is 1. The van der Waals surface area contributed by atoms with E-state index in [9.17, 15) is 9.59 Å². The zero-order chi connectivity index (χ0) is 12.4. The van der Waals surface area contributed by atoms with E-state index >= 15 is 0 Å². The van der Waals surface area contributed by atoms with E-state index < -0.39 is 5.97 Å². The zero-order valence-electron chi connectivity index (χ0n) is 9.06. The number of carbonyl (C=O) groups is 1. The SMILES string of the molecule is Cc1nc(-c2ccsc2)[nH]c(=O)c1CC(=O)O. The first-order valence-electron chi connectivity index (χ1n) is 4.92. The number of H-pyrrole nitrogens is 1. The van der Waals surface area contributed by atoms with Gasteiger partial charge >= 0.3 is 5.97 Å². The van der Waals surface area contributed by atoms with Crippen molar-refractivity contribution in [2.24, 2.45) is 0 Å². The molecule has 2 aromatic heterocycles. The minimum Gasteiger partial charge on any atom is -0.481 e. The van der Waals surface area contributed by atoms with Gasteiger partial charge in [-0.05, 0) is 18.4 Å². The number of aromatic nitrogens is 2. The summed E-state index contributed by atoms with van der Waals surface area (Å²) in [6.07, 6.45) is -0.307. The smallest absolute Gasteiger partial charge is 0.308 e. The van der Waals surface area contributed by atoms with Crippen LogP contribution in [0.1, 0.15) is 11.3 Å². The maximum absolute atomic E-state index is 11.7. The minimum atomic E-state index is -1.04. The van der Waals surface area contributed by atoms with E-state index in [4.69, 9.17) is 5.11 Å². The van der Waals surface area contributed by atoms with Crippen LogP contribution in [0.25, 0.3) is 11.4 Å². The highest BCUT2D eigenvalue weighted by molar-refractivity contribution is 7.08. The molecule has 0 atom stereocenters. The number of thiophene rings is 1. The molecule has 0 aliphatic carbocycles. The molecule has 0 saturated carbocycles. The monoisotopic (exact) mass is 250 g/mol. The molecule has 0 bridgehead atoms. The molecule has 88 valence electrons. The second kappa shape index (κ2) is 4.50. The molecule has 2 heterocycles. The Hall–Kier alpha value is -1.95. The third-order valence-corrected chi connectivity index (χ3v) is 3.03. The molecule has 0 radical (unpaired) electrons. The first-order valence-corrected chi connectivity index (χ1v) is 5.86. The van der Waals surface area contributed by atoms with Crippen LogP contribution in [0.5, 0.6) is 0 Å². The van der Waals surface area contributed by atoms with Gasteiger partial charge in [0.05, 0.1) is 6.42 Å². The van der Waals surface area contributed by atoms with Gasteiger partial charge in [-0.1, -0.05) is 0 Å². The number of carboxylic acid groups (broad SMARTS) is 1. The van der Waals surface area contributed by atoms with E-state index in [2.05, 4.69) is 9.97 Å². The molecule has 0 unspecified atom stereocenters. The number of rotatable bonds is 3. The molecule has 2 N–H and O–H groups in total. The van der Waals surface area contributed by atoms with Gasteiger partial charge in [0, 0.05) is 22.2 Å². The van der Waals surface area contributed by atoms with Crippen LogP contribution in [0.4, 0.5) is 0 Å². The molecule has 5 nitrogen and oxygen atoms in total. The topological polar surface area (TPSA) is 83.0 Å². The van der Waals surface area contributed by atoms with Gasteiger partial charge in [-0.2, -0.15) is 11.3 Å². The van der Waals surface area contributed by atoms with E-state index in [1.165, 1.54) is 11.3 Å². The van der Waals surface area contributed by atoms with Crippen molar-refractivity contribution < 1.29 is 9.90 Å². The fourth-order valence-electron chi connectivity index (χ4n) is 1.51. The summed E-state index contributed by atoms with van der Waals surface area (Å²) in [5.74, 6) is -0.563. The summed E-state index contributed by atoms with van der Waals surface area (Å²) in [6, 6.07) is 1.85. The van der Waals surface area contributed by atoms with E-state index in [1.54, 1.807) is 6.92 Å². The normalized spacial score (nSPS) is 10.4. The van der Waals surface area contributed by atoms with E-state index in [0.29, 0.717) is 11.5 Å². The van der Waals surface area contributed by atoms with E-state index in [0.717, 1.165) is 5.56 Å². The van der Waals surface area contributed by atoms with Crippen LogP contribution in [0.3, 0.4) is 0 Å². The van der Waals surface area contributed by atoms with Crippen LogP contribution in [0.15, 0.2) is 21.6 Å². The van der Waals surface area contributed by atoms with Crippen LogP contribution in [0.2, 0.25) is 0 Å². The van der Waals surface area contributed by atoms with Gasteiger partial charge in [0.15, 0.2) is 0 Å². The molecule has 0 aromatic carbocycles. The Bertz CT molecular complexity index is 602. The summed E-state index contributed by atoms with van der Waals surface area (Å²) in [5, 5.41) is 12.4. The van der Waals surface area contributed by atoms with Crippen LogP contribution >= 0.6 is 11.3 Å². The molecule has 2 rings (SSSR count). The summed E-state index contributed by atoms with van der Waals surface area (Å²) in [5.41, 5.74) is 1.10. The lowest BCUT2D eigenvalue weighted by Gasteiger charge is -2.04. The lowest BCUT2D eigenvalue weighted by Crippen LogP contribution is -2.20. The Labute approximate surface area is 101 Å². The van der Waals surface area contributed by atoms with Crippen molar-refractivity contribution in [3.8, 4) is 11.4 Å². The lowest BCUT2D eigenvalue weighted by molar-refractivity contribution is -0.136. The van der Waals surface area contributed by atoms with Crippen LogP contribution in [0, 0.1) is 6.92 Å². The van der Waals surface area contributed by atoms with Gasteiger partial charge in [-0.15, -0.1) is 0 Å². The second-order valence-corrected chi connectivity index (χ2v) is 4.34. The van der Waals surface area contributed by atoms with Crippen LogP contribution in [-0.4, -0.2) is 21.0 Å². The molecule has 0 amide bonds. The summed E-state index contributed by atoms with van der Waals surface area (Å²) < 4.78 is 0. The number of aryl methyl sites for hydroxylation is 1. The first-order chi connectivity index (χ1) is 8.08. The Kier molecular flexibility index (Phi) is 3.06. The summed E-state index contributed by atoms with van der Waals surface area (Å²) in [7, 11) is 0. The second-order valence-electron chi connectivity index (χ2n) is 3.56. The van der Waals surface area contributed by atoms with Crippen LogP contribution < -0.4 is 5.56 Å². The van der Waals surface area contributed by atoms with Gasteiger partial charge in [0.1, 0.15) is 5.82 Å². The number of hydrogen-bond acceptors (Lipinski definition) is 4. The lowest BCUT2D eigenvalue weighted by atomic mass is 10.1. The molecular formula is C11H10N2O3S. The molecule has 0 spiro atoms. The van der Waals surface area contributed by atoms with Gasteiger partial charge < -0.3 is 10.1 Å². The maximum atomic E-state index is 11.7. The van der Waals surface area contributed by atoms with E-state index in [-0.39, 0.29) is 17.5 Å². The summed E-state index contributed by atoms with van der Waals surface area (Å²) >= 11 is 1.50. The van der Waals surface area contributed by atoms with Crippen LogP contribution in [-0.2, 0) is 11.2 Å². The number of aliphatic carboxylic acids is 1. The predicted octanol–water partition coefficient (Wildman–Crippen LogP) is 1.43. The Morgan fingerprint density at radius 2 is 2.35 bits per heavy atom. The van der Waals surface area contributed by atoms with Gasteiger partial charge in [0.2, 0.25) is 0 Å². The molecule has 0 aliphatic rings. The first kappa shape index (κ1) is 11.5. The summed E-state index contributed by atoms with van der Waals surface area (Å²) in [4.78, 5) is 29.2. The van der Waals surface area contributed by atoms with Crippen molar-refractivity contribution in [2.45, 2.75) is 13.3 Å². The molecule has 6 heteroatoms. The Morgan fingerprint density at radius 3 is 2.88 bits per heavy atom. The average Bonchev–Trinajstić information content (AvgIpc) is 2.76. The largest absolute Gasteiger partial charge is 0.481 e. The van der Waals surface area contributed by atoms with Crippen molar-refractivity contribution in [3.05, 3.63) is 38.4 Å². The van der Waals surface area contributed by atoms with Gasteiger partial charge in [-0.25, -0.2) is 4.98 Å². The summed E-state index contributed by atoms with van der Waals surface area (Å²) in [6.45, 7) is 1.64. The van der Waals surface area contributed by atoms with E-state index in [1.807, 2.05) is 16.8 Å². The third kappa shape index (κ3) is 2.42. The molecule has 17 heavy (non-hydrogen) atoms. The standard InChI is InChI=1S/C11H10N2O3S/c1-6-8(4-9(14)15)11(16)13-10(12-6)7-2-3-17-5-7/h2-3,5H,4H2,1H3,(H,14,15)(H,12,13,16). The van der Waals surface area contributed by atoms with Gasteiger partial charge in [0.25, 0.3) is 5.56 Å². The van der Waals surface area contributed by atoms with Gasteiger partial charge in [-0.3, -0.25) is 9.59 Å². The number of hydrogen-bond donors (Lipinski definition) is 2. The van der Waals surface area contributed by atoms with Crippen molar-refractivity contribution >= 4 is 17.3 Å². The highest BCUT2D eigenvalue weighted by Gasteiger charge is 2.12. The average molecular weight is 250 g/mol. The molecule has 0 aliphatic heterocycles. The minimum absolute atomic E-state index is 0.205. The maximum Gasteiger partial charge on any atom is 0.308 e. The zero-order valence-corrected chi connectivity index (χ0v) is 9.87. The number of nitrogens with one attached hydrogen (secondary N) is 1. The van der Waals surface area contributed by atoms with Crippen molar-refractivity contribution in [1.82, 2.24) is 9.97 Å². The highest BCUT2D eigenvalue weighted by Crippen LogP contribution is 2.17. The number of nitrogens with zero attached hydrogens (tertiary/aromatic N) is 1. The molecule has 0 fully saturated rings. The molecular weight excluding hydrogens is 240 g/mol. The fourth-order valence-corrected chi connectivity index (χ4v) is 2.15. The Morgan fingerprint density at radius 1 is 1.59 bits per heavy atom. The molecule has 2 aromatic rings. The quantitative estimate of drug-likeness (QED) is 0.863. The van der Waals surface area contributed by atoms with Crippen molar-refractivity contribution in [1.29, 1.82) is 0 Å². The van der Waals surface area contributed by atoms with Crippen molar-refractivity contribution in [2.75, 3.05) is 0 Å². The predicted molar refractivity (Wildman–Crippen MR) is 64.2 cm³/mol. The third-order valence-electron chi connectivity index (χ3n) is 2.34. The van der Waals surface area contributed by atoms with Crippen molar-refractivity contribution in [3.63, 3.8) is 0 Å².